The molecule has 2 heterocycles. The number of urea groups is 1. The number of nitriles is 1. The lowest BCUT2D eigenvalue weighted by molar-refractivity contribution is 0.251. The maximum absolute atomic E-state index is 13.7. The average Bonchev–Trinajstić information content (AvgIpc) is 3.33. The molecule has 0 bridgehead atoms. The first-order valence-electron chi connectivity index (χ1n) is 9.19. The van der Waals surface area contributed by atoms with Crippen LogP contribution in [0.5, 0.6) is 0 Å². The molecule has 142 valence electrons. The van der Waals surface area contributed by atoms with E-state index in [1.54, 1.807) is 18.3 Å². The van der Waals surface area contributed by atoms with Gasteiger partial charge in [-0.25, -0.2) is 13.9 Å². The van der Waals surface area contributed by atoms with Gasteiger partial charge in [0.1, 0.15) is 17.4 Å². The largest absolute Gasteiger partial charge is 0.338 e. The molecule has 2 aromatic rings. The van der Waals surface area contributed by atoms with E-state index < -0.39 is 5.82 Å². The molecular weight excluding hydrogens is 347 g/mol. The minimum Gasteiger partial charge on any atom is -0.338 e. The average molecular weight is 370 g/mol. The van der Waals surface area contributed by atoms with Crippen LogP contribution in [0.4, 0.5) is 15.0 Å². The van der Waals surface area contributed by atoms with E-state index in [-0.39, 0.29) is 11.6 Å². The highest BCUT2D eigenvalue weighted by molar-refractivity contribution is 5.88. The van der Waals surface area contributed by atoms with Gasteiger partial charge in [-0.2, -0.15) is 5.26 Å². The number of carbonyl (C=O) groups excluding carboxylic acids is 1. The Morgan fingerprint density at radius 3 is 2.85 bits per heavy atom. The van der Waals surface area contributed by atoms with Gasteiger partial charge in [-0.15, -0.1) is 5.10 Å². The first-order valence-corrected chi connectivity index (χ1v) is 9.19. The van der Waals surface area contributed by atoms with Crippen LogP contribution in [0.1, 0.15) is 31.2 Å². The van der Waals surface area contributed by atoms with E-state index in [9.17, 15) is 9.18 Å². The molecule has 0 aliphatic carbocycles. The Hall–Kier alpha value is -2.92. The van der Waals surface area contributed by atoms with Crippen LogP contribution in [0.3, 0.4) is 0 Å². The minimum atomic E-state index is -0.605. The van der Waals surface area contributed by atoms with E-state index in [2.05, 4.69) is 20.6 Å². The molecule has 0 saturated carbocycles. The van der Waals surface area contributed by atoms with Crippen molar-refractivity contribution in [2.24, 2.45) is 0 Å². The number of anilines is 1. The standard InChI is InChI=1S/C19H23FN6O/c20-16-6-5-7-17(15(16)14-21)26-13-8-18(24-26)23-19(27)22-9-1-2-10-25-11-3-4-12-25/h5-8,13H,1-4,9-12H2,(H2,22,23,24,27). The van der Waals surface area contributed by atoms with Gasteiger partial charge in [0, 0.05) is 18.8 Å². The van der Waals surface area contributed by atoms with Gasteiger partial charge in [0.15, 0.2) is 5.82 Å². The molecule has 1 aromatic carbocycles. The second kappa shape index (κ2) is 9.14. The van der Waals surface area contributed by atoms with Crippen molar-refractivity contribution < 1.29 is 9.18 Å². The molecular formula is C19H23FN6O. The van der Waals surface area contributed by atoms with Crippen molar-refractivity contribution in [1.82, 2.24) is 20.0 Å². The van der Waals surface area contributed by atoms with Crippen molar-refractivity contribution in [2.45, 2.75) is 25.7 Å². The van der Waals surface area contributed by atoms with E-state index in [4.69, 9.17) is 5.26 Å². The van der Waals surface area contributed by atoms with E-state index in [0.29, 0.717) is 18.1 Å². The Balaban J connectivity index is 1.45. The molecule has 8 heteroatoms. The molecule has 3 rings (SSSR count). The molecule has 1 aliphatic rings. The third-order valence-electron chi connectivity index (χ3n) is 4.57. The zero-order chi connectivity index (χ0) is 19.1. The lowest BCUT2D eigenvalue weighted by Gasteiger charge is -2.14. The van der Waals surface area contributed by atoms with Crippen LogP contribution >= 0.6 is 0 Å². The number of nitrogens with one attached hydrogen (secondary N) is 2. The highest BCUT2D eigenvalue weighted by Crippen LogP contribution is 2.17. The Kier molecular flexibility index (Phi) is 6.39. The van der Waals surface area contributed by atoms with Crippen LogP contribution < -0.4 is 10.6 Å². The number of likely N-dealkylation sites (tertiary alicyclic amines) is 1. The van der Waals surface area contributed by atoms with Crippen molar-refractivity contribution in [3.8, 4) is 11.8 Å². The monoisotopic (exact) mass is 370 g/mol. The SMILES string of the molecule is N#Cc1c(F)cccc1-n1ccc(NC(=O)NCCCCN2CCCC2)n1. The maximum atomic E-state index is 13.7. The Morgan fingerprint density at radius 1 is 1.26 bits per heavy atom. The third-order valence-corrected chi connectivity index (χ3v) is 4.57. The van der Waals surface area contributed by atoms with E-state index in [1.807, 2.05) is 6.07 Å². The number of benzene rings is 1. The van der Waals surface area contributed by atoms with Gasteiger partial charge in [-0.05, 0) is 57.5 Å². The summed E-state index contributed by atoms with van der Waals surface area (Å²) in [5.41, 5.74) is 0.238. The summed E-state index contributed by atoms with van der Waals surface area (Å²) >= 11 is 0. The highest BCUT2D eigenvalue weighted by atomic mass is 19.1. The van der Waals surface area contributed by atoms with Crippen LogP contribution in [0.15, 0.2) is 30.5 Å². The summed E-state index contributed by atoms with van der Waals surface area (Å²) < 4.78 is 15.1. The van der Waals surface area contributed by atoms with Gasteiger partial charge in [0.25, 0.3) is 0 Å². The fourth-order valence-corrected chi connectivity index (χ4v) is 3.17. The lowest BCUT2D eigenvalue weighted by Crippen LogP contribution is -2.30. The van der Waals surface area contributed by atoms with Crippen LogP contribution in [-0.2, 0) is 0 Å². The summed E-state index contributed by atoms with van der Waals surface area (Å²) in [6.45, 7) is 4.07. The summed E-state index contributed by atoms with van der Waals surface area (Å²) in [6, 6.07) is 7.43. The highest BCUT2D eigenvalue weighted by Gasteiger charge is 2.12. The molecule has 1 aliphatic heterocycles. The van der Waals surface area contributed by atoms with Crippen LogP contribution in [-0.4, -0.2) is 46.9 Å². The van der Waals surface area contributed by atoms with Gasteiger partial charge in [0.05, 0.1) is 5.69 Å². The minimum absolute atomic E-state index is 0.0883. The summed E-state index contributed by atoms with van der Waals surface area (Å²) in [5.74, 6) is -0.274. The van der Waals surface area contributed by atoms with E-state index in [1.165, 1.54) is 42.7 Å². The smallest absolute Gasteiger partial charge is 0.320 e. The lowest BCUT2D eigenvalue weighted by atomic mass is 10.2. The van der Waals surface area contributed by atoms with Crippen molar-refractivity contribution in [3.63, 3.8) is 0 Å². The summed E-state index contributed by atoms with van der Waals surface area (Å²) in [6.07, 6.45) is 6.14. The van der Waals surface area contributed by atoms with Crippen molar-refractivity contribution in [2.75, 3.05) is 31.5 Å². The molecule has 0 unspecified atom stereocenters. The number of unbranched alkanes of at least 4 members (excludes halogenated alkanes) is 1. The number of carbonyl (C=O) groups is 1. The van der Waals surface area contributed by atoms with Gasteiger partial charge >= 0.3 is 6.03 Å². The van der Waals surface area contributed by atoms with Crippen LogP contribution in [0.25, 0.3) is 5.69 Å². The first-order chi connectivity index (χ1) is 13.2. The van der Waals surface area contributed by atoms with Gasteiger partial charge < -0.3 is 10.2 Å². The molecule has 7 nitrogen and oxygen atoms in total. The molecule has 0 spiro atoms. The summed E-state index contributed by atoms with van der Waals surface area (Å²) in [5, 5.41) is 18.8. The van der Waals surface area contributed by atoms with Crippen molar-refractivity contribution >= 4 is 11.8 Å². The third kappa shape index (κ3) is 5.05. The predicted molar refractivity (Wildman–Crippen MR) is 100 cm³/mol. The summed E-state index contributed by atoms with van der Waals surface area (Å²) in [4.78, 5) is 14.4. The first kappa shape index (κ1) is 18.9. The number of halogens is 1. The molecule has 27 heavy (non-hydrogen) atoms. The molecule has 2 N–H and O–H groups in total. The molecule has 0 radical (unpaired) electrons. The number of nitrogens with zero attached hydrogens (tertiary/aromatic N) is 4. The van der Waals surface area contributed by atoms with E-state index in [0.717, 1.165) is 19.4 Å². The zero-order valence-corrected chi connectivity index (χ0v) is 15.1. The Labute approximate surface area is 157 Å². The number of amides is 2. The maximum Gasteiger partial charge on any atom is 0.320 e. The quantitative estimate of drug-likeness (QED) is 0.734. The number of rotatable bonds is 7. The van der Waals surface area contributed by atoms with Gasteiger partial charge in [-0.1, -0.05) is 6.07 Å². The molecule has 1 fully saturated rings. The molecule has 1 aromatic heterocycles. The zero-order valence-electron chi connectivity index (χ0n) is 15.1. The van der Waals surface area contributed by atoms with E-state index >= 15 is 0 Å². The van der Waals surface area contributed by atoms with Gasteiger partial charge in [0.2, 0.25) is 0 Å². The van der Waals surface area contributed by atoms with Gasteiger partial charge in [-0.3, -0.25) is 5.32 Å². The topological polar surface area (TPSA) is 86.0 Å². The normalized spacial score (nSPS) is 14.1. The van der Waals surface area contributed by atoms with Crippen LogP contribution in [0.2, 0.25) is 0 Å². The predicted octanol–water partition coefficient (Wildman–Crippen LogP) is 2.88. The fourth-order valence-electron chi connectivity index (χ4n) is 3.17. The van der Waals surface area contributed by atoms with Crippen molar-refractivity contribution in [1.29, 1.82) is 5.26 Å². The Bertz CT molecular complexity index is 822. The molecule has 2 amide bonds. The second-order valence-corrected chi connectivity index (χ2v) is 6.53. The van der Waals surface area contributed by atoms with Crippen molar-refractivity contribution in [3.05, 3.63) is 41.8 Å². The fraction of sp³-hybridized carbons (Fsp3) is 0.421. The second-order valence-electron chi connectivity index (χ2n) is 6.53. The number of hydrogen-bond donors (Lipinski definition) is 2. The Morgan fingerprint density at radius 2 is 2.07 bits per heavy atom. The number of hydrogen-bond acceptors (Lipinski definition) is 4. The molecule has 0 atom stereocenters. The molecule has 1 saturated heterocycles. The summed E-state index contributed by atoms with van der Waals surface area (Å²) in [7, 11) is 0. The number of aromatic nitrogens is 2. The van der Waals surface area contributed by atoms with Crippen LogP contribution in [0, 0.1) is 17.1 Å².